The van der Waals surface area contributed by atoms with Gasteiger partial charge < -0.3 is 18.9 Å². The Hall–Kier alpha value is -1.14. The van der Waals surface area contributed by atoms with E-state index in [1.165, 1.54) is 14.2 Å². The normalized spacial score (nSPS) is 10.0. The molecule has 0 atom stereocenters. The lowest BCUT2D eigenvalue weighted by atomic mass is 10.2. The molecule has 0 amide bonds. The minimum atomic E-state index is -0.327. The monoisotopic (exact) mass is 248 g/mol. The molecule has 0 spiro atoms. The fourth-order valence-electron chi connectivity index (χ4n) is 0.999. The summed E-state index contributed by atoms with van der Waals surface area (Å²) in [7, 11) is 3.06. The van der Waals surface area contributed by atoms with E-state index in [4.69, 9.17) is 18.9 Å². The van der Waals surface area contributed by atoms with Crippen LogP contribution in [0.2, 0.25) is 0 Å². The number of methoxy groups -OCH3 is 2. The molecule has 0 aliphatic rings. The summed E-state index contributed by atoms with van der Waals surface area (Å²) in [5, 5.41) is 0. The van der Waals surface area contributed by atoms with Crippen molar-refractivity contribution in [3.8, 4) is 0 Å². The van der Waals surface area contributed by atoms with E-state index in [2.05, 4.69) is 0 Å². The molecule has 0 bridgehead atoms. The summed E-state index contributed by atoms with van der Waals surface area (Å²) in [4.78, 5) is 22.2. The number of ether oxygens (including phenoxy) is 4. The van der Waals surface area contributed by atoms with Crippen LogP contribution in [0.15, 0.2) is 0 Å². The predicted molar refractivity (Wildman–Crippen MR) is 59.5 cm³/mol. The lowest BCUT2D eigenvalue weighted by Crippen LogP contribution is -2.12. The average Bonchev–Trinajstić information content (AvgIpc) is 2.30. The van der Waals surface area contributed by atoms with Crippen LogP contribution in [0.25, 0.3) is 0 Å². The number of carbonyl (C=O) groups is 2. The first-order valence-corrected chi connectivity index (χ1v) is 5.49. The molecule has 0 N–H and O–H groups in total. The van der Waals surface area contributed by atoms with Crippen molar-refractivity contribution in [2.75, 3.05) is 40.6 Å². The quantitative estimate of drug-likeness (QED) is 0.415. The number of esters is 2. The number of hydrogen-bond acceptors (Lipinski definition) is 6. The van der Waals surface area contributed by atoms with E-state index in [9.17, 15) is 9.59 Å². The standard InChI is InChI=1S/C11H20O6/c1-14-6-8-16-10(12)4-3-5-11(13)17-9-7-15-2/h3-9H2,1-2H3. The van der Waals surface area contributed by atoms with Gasteiger partial charge in [0.05, 0.1) is 13.2 Å². The van der Waals surface area contributed by atoms with Crippen LogP contribution in [-0.2, 0) is 28.5 Å². The van der Waals surface area contributed by atoms with Crippen molar-refractivity contribution in [1.29, 1.82) is 0 Å². The van der Waals surface area contributed by atoms with Gasteiger partial charge in [0.15, 0.2) is 0 Å². The molecule has 0 saturated carbocycles. The Kier molecular flexibility index (Phi) is 10.6. The van der Waals surface area contributed by atoms with E-state index in [0.717, 1.165) is 0 Å². The van der Waals surface area contributed by atoms with E-state index in [-0.39, 0.29) is 38.0 Å². The van der Waals surface area contributed by atoms with Crippen LogP contribution < -0.4 is 0 Å². The summed E-state index contributed by atoms with van der Waals surface area (Å²) < 4.78 is 19.1. The second-order valence-electron chi connectivity index (χ2n) is 3.28. The highest BCUT2D eigenvalue weighted by Crippen LogP contribution is 1.99. The lowest BCUT2D eigenvalue weighted by Gasteiger charge is -2.05. The minimum Gasteiger partial charge on any atom is -0.463 e. The van der Waals surface area contributed by atoms with Gasteiger partial charge in [-0.25, -0.2) is 0 Å². The van der Waals surface area contributed by atoms with Gasteiger partial charge in [0.25, 0.3) is 0 Å². The van der Waals surface area contributed by atoms with Gasteiger partial charge in [-0.2, -0.15) is 0 Å². The zero-order valence-corrected chi connectivity index (χ0v) is 10.4. The molecule has 0 aromatic rings. The summed E-state index contributed by atoms with van der Waals surface area (Å²) in [6.45, 7) is 1.25. The highest BCUT2D eigenvalue weighted by molar-refractivity contribution is 5.72. The number of hydrogen-bond donors (Lipinski definition) is 0. The first-order chi connectivity index (χ1) is 8.20. The van der Waals surface area contributed by atoms with E-state index in [1.807, 2.05) is 0 Å². The van der Waals surface area contributed by atoms with Crippen LogP contribution in [-0.4, -0.2) is 52.6 Å². The van der Waals surface area contributed by atoms with Gasteiger partial charge in [-0.3, -0.25) is 9.59 Å². The van der Waals surface area contributed by atoms with E-state index < -0.39 is 0 Å². The van der Waals surface area contributed by atoms with E-state index in [0.29, 0.717) is 19.6 Å². The molecule has 0 fully saturated rings. The Morgan fingerprint density at radius 3 is 1.53 bits per heavy atom. The molecular formula is C11H20O6. The van der Waals surface area contributed by atoms with Crippen LogP contribution in [0, 0.1) is 0 Å². The molecule has 0 radical (unpaired) electrons. The smallest absolute Gasteiger partial charge is 0.305 e. The lowest BCUT2D eigenvalue weighted by molar-refractivity contribution is -0.146. The number of rotatable bonds is 10. The van der Waals surface area contributed by atoms with Crippen molar-refractivity contribution in [2.24, 2.45) is 0 Å². The van der Waals surface area contributed by atoms with E-state index in [1.54, 1.807) is 0 Å². The molecule has 6 heteroatoms. The molecule has 0 aliphatic carbocycles. The largest absolute Gasteiger partial charge is 0.463 e. The maximum Gasteiger partial charge on any atom is 0.305 e. The van der Waals surface area contributed by atoms with Gasteiger partial charge in [-0.15, -0.1) is 0 Å². The third-order valence-electron chi connectivity index (χ3n) is 1.86. The third-order valence-corrected chi connectivity index (χ3v) is 1.86. The second kappa shape index (κ2) is 11.3. The fraction of sp³-hybridized carbons (Fsp3) is 0.818. The second-order valence-corrected chi connectivity index (χ2v) is 3.28. The summed E-state index contributed by atoms with van der Waals surface area (Å²) in [6.07, 6.45) is 0.851. The molecule has 0 rings (SSSR count). The van der Waals surface area contributed by atoms with Crippen molar-refractivity contribution >= 4 is 11.9 Å². The Bertz CT molecular complexity index is 194. The molecule has 17 heavy (non-hydrogen) atoms. The molecule has 0 heterocycles. The molecule has 0 aliphatic heterocycles. The maximum absolute atomic E-state index is 11.1. The Labute approximate surface area is 101 Å². The van der Waals surface area contributed by atoms with Gasteiger partial charge in [0, 0.05) is 27.1 Å². The van der Waals surface area contributed by atoms with Gasteiger partial charge in [-0.05, 0) is 6.42 Å². The summed E-state index contributed by atoms with van der Waals surface area (Å²) in [5.41, 5.74) is 0. The van der Waals surface area contributed by atoms with Gasteiger partial charge in [0.1, 0.15) is 13.2 Å². The first-order valence-electron chi connectivity index (χ1n) is 5.49. The maximum atomic E-state index is 11.1. The summed E-state index contributed by atoms with van der Waals surface area (Å²) in [5.74, 6) is -0.654. The fourth-order valence-corrected chi connectivity index (χ4v) is 0.999. The topological polar surface area (TPSA) is 71.1 Å². The van der Waals surface area contributed by atoms with Gasteiger partial charge in [0.2, 0.25) is 0 Å². The average molecular weight is 248 g/mol. The summed E-state index contributed by atoms with van der Waals surface area (Å²) in [6, 6.07) is 0. The van der Waals surface area contributed by atoms with Crippen LogP contribution in [0.1, 0.15) is 19.3 Å². The van der Waals surface area contributed by atoms with E-state index >= 15 is 0 Å². The Balaban J connectivity index is 3.36. The highest BCUT2D eigenvalue weighted by atomic mass is 16.6. The first kappa shape index (κ1) is 15.9. The van der Waals surface area contributed by atoms with Gasteiger partial charge in [-0.1, -0.05) is 0 Å². The Morgan fingerprint density at radius 2 is 1.18 bits per heavy atom. The SMILES string of the molecule is COCCOC(=O)CCCC(=O)OCCOC. The van der Waals surface area contributed by atoms with Crippen LogP contribution in [0.5, 0.6) is 0 Å². The molecule has 6 nitrogen and oxygen atoms in total. The molecule has 100 valence electrons. The Morgan fingerprint density at radius 1 is 0.765 bits per heavy atom. The predicted octanol–water partition coefficient (Wildman–Crippen LogP) is 0.536. The third kappa shape index (κ3) is 11.1. The van der Waals surface area contributed by atoms with Crippen LogP contribution in [0.3, 0.4) is 0 Å². The zero-order valence-electron chi connectivity index (χ0n) is 10.4. The van der Waals surface area contributed by atoms with Crippen molar-refractivity contribution in [3.63, 3.8) is 0 Å². The van der Waals surface area contributed by atoms with Crippen molar-refractivity contribution in [2.45, 2.75) is 19.3 Å². The molecule has 0 aromatic carbocycles. The molecule has 0 unspecified atom stereocenters. The van der Waals surface area contributed by atoms with Crippen molar-refractivity contribution in [3.05, 3.63) is 0 Å². The van der Waals surface area contributed by atoms with Crippen LogP contribution >= 0.6 is 0 Å². The van der Waals surface area contributed by atoms with Crippen LogP contribution in [0.4, 0.5) is 0 Å². The molecular weight excluding hydrogens is 228 g/mol. The van der Waals surface area contributed by atoms with Gasteiger partial charge >= 0.3 is 11.9 Å². The minimum absolute atomic E-state index is 0.211. The van der Waals surface area contributed by atoms with Crippen molar-refractivity contribution in [1.82, 2.24) is 0 Å². The number of carbonyl (C=O) groups excluding carboxylic acids is 2. The molecule has 0 aromatic heterocycles. The van der Waals surface area contributed by atoms with Crippen molar-refractivity contribution < 1.29 is 28.5 Å². The molecule has 0 saturated heterocycles. The highest BCUT2D eigenvalue weighted by Gasteiger charge is 2.06. The summed E-state index contributed by atoms with van der Waals surface area (Å²) >= 11 is 0. The zero-order chi connectivity index (χ0) is 12.9.